The Bertz CT molecular complexity index is 313. The van der Waals surface area contributed by atoms with Crippen LogP contribution in [0, 0.1) is 0 Å². The summed E-state index contributed by atoms with van der Waals surface area (Å²) in [6.07, 6.45) is 5.34. The number of aliphatic hydroxyl groups is 3. The molecule has 0 aromatic heterocycles. The van der Waals surface area contributed by atoms with E-state index in [1.807, 2.05) is 0 Å². The predicted octanol–water partition coefficient (Wildman–Crippen LogP) is 0.473. The van der Waals surface area contributed by atoms with Gasteiger partial charge in [0.2, 0.25) is 0 Å². The first-order chi connectivity index (χ1) is 9.52. The maximum absolute atomic E-state index is 10.3. The first-order valence-corrected chi connectivity index (χ1v) is 6.57. The Morgan fingerprint density at radius 2 is 1.90 bits per heavy atom. The second-order valence-corrected chi connectivity index (χ2v) is 4.36. The molecule has 0 aromatic carbocycles. The van der Waals surface area contributed by atoms with E-state index in [0.29, 0.717) is 12.8 Å². The van der Waals surface area contributed by atoms with Gasteiger partial charge in [-0.15, -0.1) is 0 Å². The van der Waals surface area contributed by atoms with Gasteiger partial charge in [0.25, 0.3) is 0 Å². The molecule has 0 radical (unpaired) electrons. The maximum atomic E-state index is 10.3. The SMILES string of the molecule is CO[C@@H](/C=C/CCCCC(=O)O)[C@@H](O)[C@@H](O)/C=C/CO. The molecule has 0 heterocycles. The van der Waals surface area contributed by atoms with Crippen molar-refractivity contribution in [2.45, 2.75) is 44.0 Å². The Morgan fingerprint density at radius 3 is 2.45 bits per heavy atom. The zero-order valence-electron chi connectivity index (χ0n) is 11.7. The summed E-state index contributed by atoms with van der Waals surface area (Å²) in [7, 11) is 1.42. The third-order valence-electron chi connectivity index (χ3n) is 2.73. The molecule has 0 bridgehead atoms. The van der Waals surface area contributed by atoms with Crippen LogP contribution >= 0.6 is 0 Å². The summed E-state index contributed by atoms with van der Waals surface area (Å²) in [5.41, 5.74) is 0. The third kappa shape index (κ3) is 8.82. The van der Waals surface area contributed by atoms with Crippen LogP contribution < -0.4 is 0 Å². The van der Waals surface area contributed by atoms with Gasteiger partial charge >= 0.3 is 5.97 Å². The quantitative estimate of drug-likeness (QED) is 0.325. The van der Waals surface area contributed by atoms with Crippen molar-refractivity contribution in [2.75, 3.05) is 13.7 Å². The lowest BCUT2D eigenvalue weighted by molar-refractivity contribution is -0.137. The number of allylic oxidation sites excluding steroid dienone is 1. The Balaban J connectivity index is 4.12. The molecule has 0 saturated heterocycles. The smallest absolute Gasteiger partial charge is 0.303 e. The molecule has 0 spiro atoms. The normalized spacial score (nSPS) is 16.6. The predicted molar refractivity (Wildman–Crippen MR) is 74.3 cm³/mol. The fourth-order valence-electron chi connectivity index (χ4n) is 1.61. The average molecular weight is 288 g/mol. The molecular weight excluding hydrogens is 264 g/mol. The minimum Gasteiger partial charge on any atom is -0.481 e. The van der Waals surface area contributed by atoms with E-state index in [1.165, 1.54) is 19.3 Å². The van der Waals surface area contributed by atoms with Crippen molar-refractivity contribution >= 4 is 5.97 Å². The van der Waals surface area contributed by atoms with Gasteiger partial charge in [-0.3, -0.25) is 4.79 Å². The highest BCUT2D eigenvalue weighted by Gasteiger charge is 2.22. The van der Waals surface area contributed by atoms with E-state index in [-0.39, 0.29) is 13.0 Å². The molecular formula is C14H24O6. The molecule has 0 aromatic rings. The van der Waals surface area contributed by atoms with Crippen LogP contribution in [0.15, 0.2) is 24.3 Å². The van der Waals surface area contributed by atoms with Crippen LogP contribution in [0.3, 0.4) is 0 Å². The molecule has 0 unspecified atom stereocenters. The van der Waals surface area contributed by atoms with Crippen LogP contribution in [0.4, 0.5) is 0 Å². The lowest BCUT2D eigenvalue weighted by Gasteiger charge is -2.21. The van der Waals surface area contributed by atoms with Gasteiger partial charge in [-0.1, -0.05) is 24.3 Å². The van der Waals surface area contributed by atoms with Gasteiger partial charge in [-0.05, 0) is 19.3 Å². The summed E-state index contributed by atoms with van der Waals surface area (Å²) < 4.78 is 5.07. The van der Waals surface area contributed by atoms with Crippen molar-refractivity contribution in [1.29, 1.82) is 0 Å². The van der Waals surface area contributed by atoms with Crippen LogP contribution in [0.25, 0.3) is 0 Å². The zero-order valence-corrected chi connectivity index (χ0v) is 11.7. The second-order valence-electron chi connectivity index (χ2n) is 4.36. The fourth-order valence-corrected chi connectivity index (χ4v) is 1.61. The summed E-state index contributed by atoms with van der Waals surface area (Å²) in [5.74, 6) is -0.807. The number of hydrogen-bond acceptors (Lipinski definition) is 5. The number of ether oxygens (including phenoxy) is 1. The zero-order chi connectivity index (χ0) is 15.4. The summed E-state index contributed by atoms with van der Waals surface area (Å²) >= 11 is 0. The Hall–Kier alpha value is -1.21. The third-order valence-corrected chi connectivity index (χ3v) is 2.73. The van der Waals surface area contributed by atoms with Crippen LogP contribution in [0.2, 0.25) is 0 Å². The molecule has 3 atom stereocenters. The molecule has 0 aliphatic heterocycles. The second kappa shape index (κ2) is 11.6. The molecule has 0 fully saturated rings. The average Bonchev–Trinajstić information content (AvgIpc) is 2.43. The van der Waals surface area contributed by atoms with E-state index in [4.69, 9.17) is 14.9 Å². The topological polar surface area (TPSA) is 107 Å². The highest BCUT2D eigenvalue weighted by molar-refractivity contribution is 5.66. The molecule has 0 rings (SSSR count). The van der Waals surface area contributed by atoms with Gasteiger partial charge in [-0.25, -0.2) is 0 Å². The number of carboxylic acids is 1. The molecule has 6 heteroatoms. The number of rotatable bonds is 11. The van der Waals surface area contributed by atoms with E-state index >= 15 is 0 Å². The molecule has 0 amide bonds. The Labute approximate surface area is 119 Å². The number of carboxylic acid groups (broad SMARTS) is 1. The molecule has 116 valence electrons. The molecule has 0 aliphatic carbocycles. The summed E-state index contributed by atoms with van der Waals surface area (Å²) in [6, 6.07) is 0. The fraction of sp³-hybridized carbons (Fsp3) is 0.643. The molecule has 20 heavy (non-hydrogen) atoms. The van der Waals surface area contributed by atoms with Gasteiger partial charge in [0.1, 0.15) is 18.3 Å². The largest absolute Gasteiger partial charge is 0.481 e. The molecule has 4 N–H and O–H groups in total. The van der Waals surface area contributed by atoms with Crippen molar-refractivity contribution < 1.29 is 30.0 Å². The van der Waals surface area contributed by atoms with Crippen molar-refractivity contribution in [3.63, 3.8) is 0 Å². The van der Waals surface area contributed by atoms with Crippen molar-refractivity contribution in [3.05, 3.63) is 24.3 Å². The number of aliphatic hydroxyl groups excluding tert-OH is 3. The minimum atomic E-state index is -1.13. The maximum Gasteiger partial charge on any atom is 0.303 e. The number of carbonyl (C=O) groups is 1. The first-order valence-electron chi connectivity index (χ1n) is 6.57. The van der Waals surface area contributed by atoms with Crippen LogP contribution in [-0.2, 0) is 9.53 Å². The molecule has 6 nitrogen and oxygen atoms in total. The highest BCUT2D eigenvalue weighted by atomic mass is 16.5. The van der Waals surface area contributed by atoms with Gasteiger partial charge in [0, 0.05) is 13.5 Å². The van der Waals surface area contributed by atoms with E-state index in [1.54, 1.807) is 12.2 Å². The lowest BCUT2D eigenvalue weighted by atomic mass is 10.1. The van der Waals surface area contributed by atoms with Crippen LogP contribution in [-0.4, -0.2) is 58.4 Å². The number of unbranched alkanes of at least 4 members (excludes halogenated alkanes) is 2. The van der Waals surface area contributed by atoms with Gasteiger partial charge in [-0.2, -0.15) is 0 Å². The number of hydrogen-bond donors (Lipinski definition) is 4. The molecule has 0 saturated carbocycles. The minimum absolute atomic E-state index is 0.148. The highest BCUT2D eigenvalue weighted by Crippen LogP contribution is 2.09. The van der Waals surface area contributed by atoms with Gasteiger partial charge < -0.3 is 25.2 Å². The summed E-state index contributed by atoms with van der Waals surface area (Å²) in [4.78, 5) is 10.3. The van der Waals surface area contributed by atoms with Crippen LogP contribution in [0.1, 0.15) is 25.7 Å². The summed E-state index contributed by atoms with van der Waals surface area (Å²) in [5, 5.41) is 36.5. The van der Waals surface area contributed by atoms with Crippen LogP contribution in [0.5, 0.6) is 0 Å². The Morgan fingerprint density at radius 1 is 1.20 bits per heavy atom. The summed E-state index contributed by atoms with van der Waals surface area (Å²) in [6.45, 7) is -0.207. The lowest BCUT2D eigenvalue weighted by Crippen LogP contribution is -2.36. The standard InChI is InChI=1S/C14H24O6/c1-20-12(14(19)11(16)7-6-10-15)8-4-2-3-5-9-13(17)18/h4,6-8,11-12,14-16,19H,2-3,5,9-10H2,1H3,(H,17,18)/b7-6+,8-4+/t11-,12-,14-/m0/s1. The van der Waals surface area contributed by atoms with E-state index < -0.39 is 24.3 Å². The van der Waals surface area contributed by atoms with Crippen molar-refractivity contribution in [1.82, 2.24) is 0 Å². The first kappa shape index (κ1) is 18.8. The number of aliphatic carboxylic acids is 1. The van der Waals surface area contributed by atoms with E-state index in [9.17, 15) is 15.0 Å². The van der Waals surface area contributed by atoms with Gasteiger partial charge in [0.05, 0.1) is 6.61 Å². The van der Waals surface area contributed by atoms with Crippen molar-refractivity contribution in [2.24, 2.45) is 0 Å². The van der Waals surface area contributed by atoms with Gasteiger partial charge in [0.15, 0.2) is 0 Å². The molecule has 0 aliphatic rings. The number of methoxy groups -OCH3 is 1. The van der Waals surface area contributed by atoms with Crippen molar-refractivity contribution in [3.8, 4) is 0 Å². The van der Waals surface area contributed by atoms with E-state index in [2.05, 4.69) is 0 Å². The van der Waals surface area contributed by atoms with E-state index in [0.717, 1.165) is 6.42 Å². The monoisotopic (exact) mass is 288 g/mol. The Kier molecular flexibility index (Phi) is 10.9.